The molecule has 9 nitrogen and oxygen atoms in total. The van der Waals surface area contributed by atoms with Crippen molar-refractivity contribution in [2.24, 2.45) is 16.5 Å². The highest BCUT2D eigenvalue weighted by Crippen LogP contribution is 2.06. The Morgan fingerprint density at radius 2 is 1.97 bits per heavy atom. The maximum atomic E-state index is 12.9. The second-order valence-corrected chi connectivity index (χ2v) is 6.54. The van der Waals surface area contributed by atoms with Crippen LogP contribution < -0.4 is 16.8 Å². The Hall–Kier alpha value is -3.69. The molecule has 6 N–H and O–H groups in total. The van der Waals surface area contributed by atoms with Gasteiger partial charge in [0.25, 0.3) is 0 Å². The fraction of sp³-hybridized carbons (Fsp3) is 0.391. The highest BCUT2D eigenvalue weighted by Gasteiger charge is 2.14. The van der Waals surface area contributed by atoms with Crippen molar-refractivity contribution in [1.82, 2.24) is 10.2 Å². The van der Waals surface area contributed by atoms with Crippen molar-refractivity contribution in [3.8, 4) is 0 Å². The summed E-state index contributed by atoms with van der Waals surface area (Å²) in [5, 5.41) is 10.8. The van der Waals surface area contributed by atoms with Gasteiger partial charge in [0, 0.05) is 20.1 Å². The number of nitrogens with one attached hydrogen (secondary N) is 1. The number of rotatable bonds is 12. The van der Waals surface area contributed by atoms with Crippen LogP contribution in [-0.4, -0.2) is 54.3 Å². The highest BCUT2D eigenvalue weighted by atomic mass is 19.1. The monoisotopic (exact) mass is 465 g/mol. The lowest BCUT2D eigenvalue weighted by Gasteiger charge is -2.13. The molecule has 184 valence electrons. The minimum absolute atomic E-state index is 0.0276. The van der Waals surface area contributed by atoms with E-state index in [0.29, 0.717) is 37.9 Å². The lowest BCUT2D eigenvalue weighted by atomic mass is 10.1. The van der Waals surface area contributed by atoms with Crippen molar-refractivity contribution in [2.45, 2.75) is 46.2 Å². The molecule has 1 rings (SSSR count). The molecule has 1 unspecified atom stereocenters. The summed E-state index contributed by atoms with van der Waals surface area (Å²) in [6.45, 7) is 6.72. The summed E-state index contributed by atoms with van der Waals surface area (Å²) in [6.07, 6.45) is 7.33. The molecule has 0 fully saturated rings. The molecule has 33 heavy (non-hydrogen) atoms. The van der Waals surface area contributed by atoms with E-state index in [0.717, 1.165) is 11.8 Å². The van der Waals surface area contributed by atoms with Crippen molar-refractivity contribution < 1.29 is 23.9 Å². The average Bonchev–Trinajstić information content (AvgIpc) is 2.77. The van der Waals surface area contributed by atoms with Gasteiger partial charge < -0.3 is 26.8 Å². The van der Waals surface area contributed by atoms with Crippen LogP contribution in [0.25, 0.3) is 0 Å². The van der Waals surface area contributed by atoms with E-state index in [1.807, 2.05) is 38.1 Å². The van der Waals surface area contributed by atoms with Gasteiger partial charge >= 0.3 is 5.97 Å². The first-order valence-corrected chi connectivity index (χ1v) is 10.4. The number of carboxylic acid groups (broad SMARTS) is 1. The van der Waals surface area contributed by atoms with E-state index in [2.05, 4.69) is 10.3 Å². The molecule has 1 aromatic carbocycles. The molecule has 1 aromatic rings. The molecule has 0 radical (unpaired) electrons. The van der Waals surface area contributed by atoms with Crippen LogP contribution in [0.15, 0.2) is 53.2 Å². The van der Waals surface area contributed by atoms with Crippen LogP contribution >= 0.6 is 0 Å². The zero-order chi connectivity index (χ0) is 25.6. The van der Waals surface area contributed by atoms with Gasteiger partial charge in [-0.1, -0.05) is 32.1 Å². The van der Waals surface area contributed by atoms with Crippen LogP contribution in [0.2, 0.25) is 0 Å². The minimum Gasteiger partial charge on any atom is -0.480 e. The van der Waals surface area contributed by atoms with Gasteiger partial charge in [-0.25, -0.2) is 9.18 Å². The molecular formula is C23H36FN5O4. The number of nitrogens with zero attached hydrogens (tertiary/aromatic N) is 2. The number of amides is 1. The smallest absolute Gasteiger partial charge is 0.326 e. The number of aliphatic carboxylic acids is 1. The number of allylic oxidation sites excluding steroid dienone is 3. The van der Waals surface area contributed by atoms with E-state index in [9.17, 15) is 18.8 Å². The zero-order valence-electron chi connectivity index (χ0n) is 19.7. The zero-order valence-corrected chi connectivity index (χ0v) is 19.7. The number of benzene rings is 1. The summed E-state index contributed by atoms with van der Waals surface area (Å²) >= 11 is 0. The first-order chi connectivity index (χ1) is 15.7. The number of halogens is 1. The number of carboxylic acids is 1. The van der Waals surface area contributed by atoms with Gasteiger partial charge in [0.1, 0.15) is 18.1 Å². The quantitative estimate of drug-likeness (QED) is 0.0922. The van der Waals surface area contributed by atoms with E-state index in [4.69, 9.17) is 16.6 Å². The summed E-state index contributed by atoms with van der Waals surface area (Å²) in [5.41, 5.74) is 11.7. The third kappa shape index (κ3) is 18.8. The SMILES string of the molecule is C/C(C=O)=C/C=C\N(C)Cc1cccc(F)c1.CC.NC(N)=NCCCC(NC=O)C(=O)O. The number of carbonyl (C=O) groups excluding carboxylic acids is 2. The molecule has 0 aromatic heterocycles. The predicted octanol–water partition coefficient (Wildman–Crippen LogP) is 2.18. The fourth-order valence-corrected chi connectivity index (χ4v) is 2.22. The summed E-state index contributed by atoms with van der Waals surface area (Å²) in [5.74, 6) is -1.32. The summed E-state index contributed by atoms with van der Waals surface area (Å²) in [7, 11) is 1.89. The van der Waals surface area contributed by atoms with Crippen LogP contribution in [0.5, 0.6) is 0 Å². The van der Waals surface area contributed by atoms with Crippen molar-refractivity contribution in [3.05, 3.63) is 59.6 Å². The Morgan fingerprint density at radius 1 is 1.30 bits per heavy atom. The largest absolute Gasteiger partial charge is 0.480 e. The Morgan fingerprint density at radius 3 is 2.48 bits per heavy atom. The molecule has 0 saturated heterocycles. The fourth-order valence-electron chi connectivity index (χ4n) is 2.22. The van der Waals surface area contributed by atoms with Gasteiger partial charge in [0.05, 0.1) is 0 Å². The number of carbonyl (C=O) groups is 3. The minimum atomic E-state index is -1.07. The van der Waals surface area contributed by atoms with E-state index < -0.39 is 12.0 Å². The van der Waals surface area contributed by atoms with Gasteiger partial charge in [-0.2, -0.15) is 0 Å². The average molecular weight is 466 g/mol. The topological polar surface area (TPSA) is 151 Å². The van der Waals surface area contributed by atoms with Crippen LogP contribution in [-0.2, 0) is 20.9 Å². The van der Waals surface area contributed by atoms with E-state index in [1.54, 1.807) is 25.1 Å². The molecule has 0 bridgehead atoms. The molecule has 10 heteroatoms. The number of hydrogen-bond donors (Lipinski definition) is 4. The number of hydrogen-bond acceptors (Lipinski definition) is 5. The van der Waals surface area contributed by atoms with Crippen LogP contribution in [0, 0.1) is 5.82 Å². The molecule has 0 aliphatic carbocycles. The molecule has 0 saturated carbocycles. The van der Waals surface area contributed by atoms with Crippen molar-refractivity contribution in [3.63, 3.8) is 0 Å². The Kier molecular flexibility index (Phi) is 19.3. The molecule has 0 aliphatic heterocycles. The van der Waals surface area contributed by atoms with Crippen molar-refractivity contribution in [1.29, 1.82) is 0 Å². The summed E-state index contributed by atoms with van der Waals surface area (Å²) < 4.78 is 12.9. The van der Waals surface area contributed by atoms with Gasteiger partial charge in [-0.15, -0.1) is 0 Å². The molecule has 1 atom stereocenters. The second kappa shape index (κ2) is 20.2. The molecule has 0 heterocycles. The highest BCUT2D eigenvalue weighted by molar-refractivity contribution is 5.76. The van der Waals surface area contributed by atoms with E-state index >= 15 is 0 Å². The number of nitrogens with two attached hydrogens (primary N) is 2. The second-order valence-electron chi connectivity index (χ2n) is 6.54. The number of aliphatic imine (C=N–C) groups is 1. The molecule has 1 amide bonds. The first kappa shape index (κ1) is 31.5. The van der Waals surface area contributed by atoms with Gasteiger partial charge in [-0.05, 0) is 55.3 Å². The van der Waals surface area contributed by atoms with Gasteiger partial charge in [-0.3, -0.25) is 14.6 Å². The van der Waals surface area contributed by atoms with Crippen molar-refractivity contribution >= 4 is 24.6 Å². The van der Waals surface area contributed by atoms with Crippen molar-refractivity contribution in [2.75, 3.05) is 13.6 Å². The lowest BCUT2D eigenvalue weighted by Crippen LogP contribution is -2.35. The van der Waals surface area contributed by atoms with Gasteiger partial charge in [0.15, 0.2) is 5.96 Å². The predicted molar refractivity (Wildman–Crippen MR) is 129 cm³/mol. The van der Waals surface area contributed by atoms with Crippen LogP contribution in [0.3, 0.4) is 0 Å². The third-order valence-electron chi connectivity index (χ3n) is 3.72. The number of aldehydes is 1. The van der Waals surface area contributed by atoms with Gasteiger partial charge in [0.2, 0.25) is 6.41 Å². The molecule has 0 spiro atoms. The van der Waals surface area contributed by atoms with Crippen LogP contribution in [0.1, 0.15) is 39.2 Å². The number of guanidine groups is 1. The Balaban J connectivity index is 0. The standard InChI is InChI=1S/C14H16FNO.C7H14N4O3.C2H6/c1-12(11-17)5-4-8-16(2)10-13-6-3-7-14(15)9-13;8-7(9)10-3-1-2-5(6(13)14)11-4-12;1-2/h3-9,11H,10H2,1-2H3;4-5H,1-3H2,(H,11,12)(H,13,14)(H4,8,9,10);1-2H3/b8-4-,12-5-;;. The normalized spacial score (nSPS) is 11.1. The maximum Gasteiger partial charge on any atom is 0.326 e. The van der Waals surface area contributed by atoms with Crippen LogP contribution in [0.4, 0.5) is 4.39 Å². The Labute approximate surface area is 195 Å². The summed E-state index contributed by atoms with van der Waals surface area (Å²) in [6, 6.07) is 5.63. The lowest BCUT2D eigenvalue weighted by molar-refractivity contribution is -0.140. The van der Waals surface area contributed by atoms with E-state index in [1.165, 1.54) is 12.1 Å². The molecule has 0 aliphatic rings. The first-order valence-electron chi connectivity index (χ1n) is 10.4. The maximum absolute atomic E-state index is 12.9. The molecular weight excluding hydrogens is 429 g/mol. The van der Waals surface area contributed by atoms with E-state index in [-0.39, 0.29) is 11.8 Å². The third-order valence-corrected chi connectivity index (χ3v) is 3.72. The Bertz CT molecular complexity index is 793. The summed E-state index contributed by atoms with van der Waals surface area (Å²) in [4.78, 5) is 36.5.